The fourth-order valence-corrected chi connectivity index (χ4v) is 2.47. The number of nitrogens with zero attached hydrogens (tertiary/aromatic N) is 2. The second kappa shape index (κ2) is 8.02. The molecule has 108 valence electrons. The van der Waals surface area contributed by atoms with Gasteiger partial charge in [0.05, 0.1) is 12.8 Å². The molecule has 4 nitrogen and oxygen atoms in total. The minimum Gasteiger partial charge on any atom is -0.294 e. The molecule has 20 heavy (non-hydrogen) atoms. The van der Waals surface area contributed by atoms with Gasteiger partial charge in [-0.3, -0.25) is 9.69 Å². The molecule has 1 aromatic carbocycles. The van der Waals surface area contributed by atoms with Crippen molar-refractivity contribution in [1.29, 1.82) is 0 Å². The number of amides is 1. The van der Waals surface area contributed by atoms with E-state index < -0.39 is 0 Å². The molecule has 1 fully saturated rings. The summed E-state index contributed by atoms with van der Waals surface area (Å²) in [6, 6.07) is 7.39. The highest BCUT2D eigenvalue weighted by atomic mass is 35.5. The van der Waals surface area contributed by atoms with E-state index in [0.29, 0.717) is 11.6 Å². The van der Waals surface area contributed by atoms with Gasteiger partial charge in [-0.25, -0.2) is 5.43 Å². The second-order valence-corrected chi connectivity index (χ2v) is 5.41. The fraction of sp³-hybridized carbons (Fsp3) is 0.467. The van der Waals surface area contributed by atoms with Crippen LogP contribution in [-0.2, 0) is 4.79 Å². The maximum atomic E-state index is 11.8. The van der Waals surface area contributed by atoms with Gasteiger partial charge in [-0.1, -0.05) is 42.6 Å². The molecule has 1 heterocycles. The molecule has 0 atom stereocenters. The molecule has 1 amide bonds. The predicted octanol–water partition coefficient (Wildman–Crippen LogP) is 2.67. The summed E-state index contributed by atoms with van der Waals surface area (Å²) in [5.74, 6) is -0.0739. The van der Waals surface area contributed by atoms with Crippen molar-refractivity contribution in [2.24, 2.45) is 5.10 Å². The summed E-state index contributed by atoms with van der Waals surface area (Å²) in [5, 5.41) is 4.58. The summed E-state index contributed by atoms with van der Waals surface area (Å²) in [6.07, 6.45) is 6.46. The molecule has 1 N–H and O–H groups in total. The Bertz CT molecular complexity index is 468. The van der Waals surface area contributed by atoms with Gasteiger partial charge in [-0.15, -0.1) is 0 Å². The first-order valence-electron chi connectivity index (χ1n) is 7.04. The lowest BCUT2D eigenvalue weighted by Crippen LogP contribution is -2.35. The van der Waals surface area contributed by atoms with E-state index in [9.17, 15) is 4.79 Å². The molecule has 2 rings (SSSR count). The van der Waals surface area contributed by atoms with Crippen molar-refractivity contribution in [3.63, 3.8) is 0 Å². The van der Waals surface area contributed by atoms with E-state index in [0.717, 1.165) is 18.7 Å². The Morgan fingerprint density at radius 2 is 1.95 bits per heavy atom. The minimum atomic E-state index is -0.0739. The summed E-state index contributed by atoms with van der Waals surface area (Å²) >= 11 is 6.00. The lowest BCUT2D eigenvalue weighted by molar-refractivity contribution is -0.122. The van der Waals surface area contributed by atoms with E-state index in [4.69, 9.17) is 11.6 Å². The first-order chi connectivity index (χ1) is 9.75. The van der Waals surface area contributed by atoms with E-state index in [2.05, 4.69) is 15.4 Å². The van der Waals surface area contributed by atoms with Crippen molar-refractivity contribution in [2.75, 3.05) is 19.6 Å². The number of carbonyl (C=O) groups excluding carboxylic acids is 1. The SMILES string of the molecule is O=C(CN1CCCCCC1)N/N=C\c1ccccc1Cl. The van der Waals surface area contributed by atoms with Gasteiger partial charge in [0.15, 0.2) is 0 Å². The number of hydrogen-bond acceptors (Lipinski definition) is 3. The zero-order chi connectivity index (χ0) is 14.2. The molecular formula is C15H20ClN3O. The smallest absolute Gasteiger partial charge is 0.254 e. The Balaban J connectivity index is 1.78. The molecule has 1 aliphatic rings. The number of carbonyl (C=O) groups is 1. The van der Waals surface area contributed by atoms with Gasteiger partial charge in [0, 0.05) is 10.6 Å². The monoisotopic (exact) mass is 293 g/mol. The van der Waals surface area contributed by atoms with Gasteiger partial charge in [0.25, 0.3) is 5.91 Å². The molecule has 0 saturated carbocycles. The third-order valence-electron chi connectivity index (χ3n) is 3.36. The summed E-state index contributed by atoms with van der Waals surface area (Å²) in [6.45, 7) is 2.42. The highest BCUT2D eigenvalue weighted by Gasteiger charge is 2.12. The van der Waals surface area contributed by atoms with Gasteiger partial charge in [-0.05, 0) is 32.0 Å². The number of benzene rings is 1. The Morgan fingerprint density at radius 3 is 2.65 bits per heavy atom. The van der Waals surface area contributed by atoms with E-state index in [1.54, 1.807) is 12.3 Å². The van der Waals surface area contributed by atoms with Gasteiger partial charge >= 0.3 is 0 Å². The number of hydrazone groups is 1. The highest BCUT2D eigenvalue weighted by Crippen LogP contribution is 2.12. The fourth-order valence-electron chi connectivity index (χ4n) is 2.29. The van der Waals surface area contributed by atoms with Crippen LogP contribution in [0.25, 0.3) is 0 Å². The molecule has 0 aliphatic carbocycles. The van der Waals surface area contributed by atoms with Crippen molar-refractivity contribution in [2.45, 2.75) is 25.7 Å². The maximum absolute atomic E-state index is 11.8. The van der Waals surface area contributed by atoms with Gasteiger partial charge < -0.3 is 0 Å². The van der Waals surface area contributed by atoms with Crippen LogP contribution in [0.3, 0.4) is 0 Å². The van der Waals surface area contributed by atoms with Crippen LogP contribution >= 0.6 is 11.6 Å². The van der Waals surface area contributed by atoms with Gasteiger partial charge in [0.1, 0.15) is 0 Å². The van der Waals surface area contributed by atoms with Crippen LogP contribution in [-0.4, -0.2) is 36.7 Å². The lowest BCUT2D eigenvalue weighted by atomic mass is 10.2. The average molecular weight is 294 g/mol. The molecule has 1 aliphatic heterocycles. The molecule has 0 aromatic heterocycles. The van der Waals surface area contributed by atoms with Crippen LogP contribution in [0, 0.1) is 0 Å². The predicted molar refractivity (Wildman–Crippen MR) is 82.1 cm³/mol. The summed E-state index contributed by atoms with van der Waals surface area (Å²) in [5.41, 5.74) is 3.35. The van der Waals surface area contributed by atoms with Crippen molar-refractivity contribution < 1.29 is 4.79 Å². The van der Waals surface area contributed by atoms with Crippen LogP contribution in [0.5, 0.6) is 0 Å². The van der Waals surface area contributed by atoms with Crippen molar-refractivity contribution in [3.05, 3.63) is 34.9 Å². The Hall–Kier alpha value is -1.39. The Labute approximate surface area is 124 Å². The first-order valence-corrected chi connectivity index (χ1v) is 7.42. The zero-order valence-corrected chi connectivity index (χ0v) is 12.3. The Kier molecular flexibility index (Phi) is 6.02. The molecule has 5 heteroatoms. The van der Waals surface area contributed by atoms with Crippen LogP contribution in [0.2, 0.25) is 5.02 Å². The standard InChI is InChI=1S/C15H20ClN3O/c16-14-8-4-3-7-13(14)11-17-18-15(20)12-19-9-5-1-2-6-10-19/h3-4,7-8,11H,1-2,5-6,9-10,12H2,(H,18,20)/b17-11-. The maximum Gasteiger partial charge on any atom is 0.254 e. The molecule has 0 spiro atoms. The van der Waals surface area contributed by atoms with Gasteiger partial charge in [-0.2, -0.15) is 5.10 Å². The zero-order valence-electron chi connectivity index (χ0n) is 11.5. The van der Waals surface area contributed by atoms with E-state index in [1.165, 1.54) is 25.7 Å². The molecule has 0 radical (unpaired) electrons. The molecule has 1 saturated heterocycles. The molecule has 0 bridgehead atoms. The van der Waals surface area contributed by atoms with Crippen molar-refractivity contribution >= 4 is 23.7 Å². The van der Waals surface area contributed by atoms with Crippen LogP contribution in [0.4, 0.5) is 0 Å². The minimum absolute atomic E-state index is 0.0739. The highest BCUT2D eigenvalue weighted by molar-refractivity contribution is 6.33. The molecule has 1 aromatic rings. The first kappa shape index (κ1) is 15.0. The molecular weight excluding hydrogens is 274 g/mol. The normalized spacial score (nSPS) is 17.1. The quantitative estimate of drug-likeness (QED) is 0.685. The summed E-state index contributed by atoms with van der Waals surface area (Å²) in [7, 11) is 0. The number of likely N-dealkylation sites (tertiary alicyclic amines) is 1. The number of hydrogen-bond donors (Lipinski definition) is 1. The largest absolute Gasteiger partial charge is 0.294 e. The second-order valence-electron chi connectivity index (χ2n) is 5.01. The van der Waals surface area contributed by atoms with Crippen LogP contribution < -0.4 is 5.43 Å². The summed E-state index contributed by atoms with van der Waals surface area (Å²) in [4.78, 5) is 14.0. The third kappa shape index (κ3) is 4.94. The Morgan fingerprint density at radius 1 is 1.25 bits per heavy atom. The van der Waals surface area contributed by atoms with Crippen LogP contribution in [0.1, 0.15) is 31.2 Å². The van der Waals surface area contributed by atoms with E-state index >= 15 is 0 Å². The number of halogens is 1. The van der Waals surface area contributed by atoms with E-state index in [1.807, 2.05) is 18.2 Å². The third-order valence-corrected chi connectivity index (χ3v) is 3.71. The van der Waals surface area contributed by atoms with Crippen molar-refractivity contribution in [3.8, 4) is 0 Å². The average Bonchev–Trinajstić information content (AvgIpc) is 2.69. The number of nitrogens with one attached hydrogen (secondary N) is 1. The van der Waals surface area contributed by atoms with Crippen LogP contribution in [0.15, 0.2) is 29.4 Å². The number of rotatable bonds is 4. The van der Waals surface area contributed by atoms with E-state index in [-0.39, 0.29) is 5.91 Å². The molecule has 0 unspecified atom stereocenters. The lowest BCUT2D eigenvalue weighted by Gasteiger charge is -2.17. The summed E-state index contributed by atoms with van der Waals surface area (Å²) < 4.78 is 0. The van der Waals surface area contributed by atoms with Crippen molar-refractivity contribution in [1.82, 2.24) is 10.3 Å². The topological polar surface area (TPSA) is 44.7 Å². The van der Waals surface area contributed by atoms with Gasteiger partial charge in [0.2, 0.25) is 0 Å².